The molecule has 250 valence electrons. The minimum absolute atomic E-state index is 0.00468. The van der Waals surface area contributed by atoms with E-state index in [-0.39, 0.29) is 22.6 Å². The molecule has 12 heteroatoms. The van der Waals surface area contributed by atoms with E-state index in [1.807, 2.05) is 44.2 Å². The molecule has 3 aromatic carbocycles. The topological polar surface area (TPSA) is 111 Å². The van der Waals surface area contributed by atoms with E-state index in [1.165, 1.54) is 28.0 Å². The monoisotopic (exact) mass is 705 g/mol. The summed E-state index contributed by atoms with van der Waals surface area (Å²) in [5.41, 5.74) is 2.79. The van der Waals surface area contributed by atoms with E-state index < -0.39 is 17.7 Å². The predicted molar refractivity (Wildman–Crippen MR) is 189 cm³/mol. The van der Waals surface area contributed by atoms with Crippen LogP contribution in [0.5, 0.6) is 17.2 Å². The summed E-state index contributed by atoms with van der Waals surface area (Å²) in [6.07, 6.45) is 3.70. The van der Waals surface area contributed by atoms with Crippen molar-refractivity contribution < 1.29 is 28.9 Å². The smallest absolute Gasteiger partial charge is 0.301 e. The average molecular weight is 706 g/mol. The molecular weight excluding hydrogens is 670 g/mol. The van der Waals surface area contributed by atoms with Gasteiger partial charge in [0.25, 0.3) is 5.78 Å². The molecule has 0 radical (unpaired) electrons. The number of unbranched alkanes of at least 4 members (excludes halogenated alkanes) is 2. The first-order valence-corrected chi connectivity index (χ1v) is 18.2. The summed E-state index contributed by atoms with van der Waals surface area (Å²) in [7, 11) is 0. The molecule has 1 N–H and O–H groups in total. The van der Waals surface area contributed by atoms with E-state index in [2.05, 4.69) is 17.1 Å². The summed E-state index contributed by atoms with van der Waals surface area (Å²) < 4.78 is 18.5. The van der Waals surface area contributed by atoms with Gasteiger partial charge in [-0.15, -0.1) is 10.2 Å². The Balaban J connectivity index is 1.40. The van der Waals surface area contributed by atoms with Gasteiger partial charge in [-0.2, -0.15) is 0 Å². The fourth-order valence-corrected chi connectivity index (χ4v) is 7.95. The molecule has 0 aliphatic carbocycles. The molecule has 9 nitrogen and oxygen atoms in total. The number of carbonyl (C=O) groups is 2. The fraction of sp³-hybridized carbons (Fsp3) is 0.333. The Morgan fingerprint density at radius 1 is 1.06 bits per heavy atom. The van der Waals surface area contributed by atoms with Crippen LogP contribution >= 0.6 is 34.7 Å². The van der Waals surface area contributed by atoms with Gasteiger partial charge in [0.2, 0.25) is 5.13 Å². The molecular formula is C36H36ClN3O6S2. The Bertz CT molecular complexity index is 1860. The highest BCUT2D eigenvalue weighted by Crippen LogP contribution is 2.46. The molecule has 48 heavy (non-hydrogen) atoms. The number of anilines is 1. The number of aromatic nitrogens is 2. The summed E-state index contributed by atoms with van der Waals surface area (Å²) in [6.45, 7) is 6.90. The van der Waals surface area contributed by atoms with Gasteiger partial charge in [0.15, 0.2) is 15.8 Å². The van der Waals surface area contributed by atoms with Crippen LogP contribution in [0, 0.1) is 0 Å². The van der Waals surface area contributed by atoms with Crippen LogP contribution in [0.4, 0.5) is 5.13 Å². The van der Waals surface area contributed by atoms with Crippen molar-refractivity contribution in [1.29, 1.82) is 0 Å². The van der Waals surface area contributed by atoms with Crippen molar-refractivity contribution in [2.24, 2.45) is 0 Å². The zero-order chi connectivity index (χ0) is 33.8. The Labute approximate surface area is 292 Å². The molecule has 0 unspecified atom stereocenters. The molecule has 0 spiro atoms. The quantitative estimate of drug-likeness (QED) is 0.0366. The summed E-state index contributed by atoms with van der Waals surface area (Å²) >= 11 is 8.98. The van der Waals surface area contributed by atoms with E-state index >= 15 is 0 Å². The second kappa shape index (κ2) is 15.0. The van der Waals surface area contributed by atoms with E-state index in [1.54, 1.807) is 30.3 Å². The number of amides is 1. The molecule has 2 aliphatic heterocycles. The second-order valence-corrected chi connectivity index (χ2v) is 14.1. The highest BCUT2D eigenvalue weighted by Gasteiger charge is 2.48. The third-order valence-corrected chi connectivity index (χ3v) is 10.6. The van der Waals surface area contributed by atoms with Crippen LogP contribution in [0.1, 0.15) is 68.3 Å². The van der Waals surface area contributed by atoms with Gasteiger partial charge in [0.05, 0.1) is 24.8 Å². The number of Topliss-reactive ketones (excluding diaryl/α,β-unsaturated/α-hetero) is 1. The SMILES string of the molecule is CCCCCOc1ccc([C@@H]2C(=C(O)c3ccc4c(c3)C[C@H](C)O4)C(=O)C(=O)N2c2nnc(SCc3ccccc3Cl)s2)cc1OCC. The number of hydrogen-bond acceptors (Lipinski definition) is 10. The van der Waals surface area contributed by atoms with Gasteiger partial charge < -0.3 is 19.3 Å². The summed E-state index contributed by atoms with van der Waals surface area (Å²) in [5.74, 6) is 0.428. The lowest BCUT2D eigenvalue weighted by Gasteiger charge is -2.23. The van der Waals surface area contributed by atoms with E-state index in [0.29, 0.717) is 57.4 Å². The Kier molecular flexibility index (Phi) is 10.6. The molecule has 3 heterocycles. The lowest BCUT2D eigenvalue weighted by atomic mass is 9.94. The number of benzene rings is 3. The summed E-state index contributed by atoms with van der Waals surface area (Å²) in [5, 5.41) is 21.3. The average Bonchev–Trinajstić information content (AvgIpc) is 3.77. The van der Waals surface area contributed by atoms with Crippen LogP contribution < -0.4 is 19.1 Å². The largest absolute Gasteiger partial charge is 0.507 e. The normalized spacial score (nSPS) is 18.2. The van der Waals surface area contributed by atoms with Crippen LogP contribution in [0.25, 0.3) is 5.76 Å². The molecule has 0 bridgehead atoms. The molecule has 0 saturated carbocycles. The van der Waals surface area contributed by atoms with Gasteiger partial charge in [0.1, 0.15) is 17.6 Å². The zero-order valence-electron chi connectivity index (χ0n) is 26.9. The first kappa shape index (κ1) is 33.8. The highest BCUT2D eigenvalue weighted by molar-refractivity contribution is 8.00. The lowest BCUT2D eigenvalue weighted by Crippen LogP contribution is -2.29. The van der Waals surface area contributed by atoms with Crippen LogP contribution in [0.2, 0.25) is 5.02 Å². The maximum Gasteiger partial charge on any atom is 0.301 e. The maximum atomic E-state index is 13.9. The van der Waals surface area contributed by atoms with Crippen molar-refractivity contribution in [3.8, 4) is 17.2 Å². The van der Waals surface area contributed by atoms with Crippen molar-refractivity contribution in [2.75, 3.05) is 18.1 Å². The highest BCUT2D eigenvalue weighted by atomic mass is 35.5. The van der Waals surface area contributed by atoms with Crippen molar-refractivity contribution in [3.63, 3.8) is 0 Å². The number of halogens is 1. The van der Waals surface area contributed by atoms with Gasteiger partial charge in [-0.25, -0.2) is 0 Å². The molecule has 1 saturated heterocycles. The van der Waals surface area contributed by atoms with Crippen LogP contribution in [-0.4, -0.2) is 46.3 Å². The first-order valence-electron chi connectivity index (χ1n) is 16.0. The van der Waals surface area contributed by atoms with Gasteiger partial charge >= 0.3 is 5.91 Å². The minimum Gasteiger partial charge on any atom is -0.507 e. The number of aliphatic hydroxyl groups excluding tert-OH is 1. The molecule has 6 rings (SSSR count). The Hall–Kier alpha value is -4.06. The number of nitrogens with zero attached hydrogens (tertiary/aromatic N) is 3. The molecule has 1 fully saturated rings. The lowest BCUT2D eigenvalue weighted by molar-refractivity contribution is -0.132. The van der Waals surface area contributed by atoms with E-state index in [4.69, 9.17) is 25.8 Å². The number of rotatable bonds is 13. The fourth-order valence-electron chi connectivity index (χ4n) is 5.80. The van der Waals surface area contributed by atoms with Crippen molar-refractivity contribution in [3.05, 3.63) is 93.5 Å². The predicted octanol–water partition coefficient (Wildman–Crippen LogP) is 8.40. The second-order valence-electron chi connectivity index (χ2n) is 11.5. The third-order valence-electron chi connectivity index (χ3n) is 8.11. The standard InChI is InChI=1S/C36H36ClN3O6S2/c1-4-6-9-16-45-28-15-12-22(19-29(28)44-5-2)31-30(32(41)23-13-14-27-25(18-23)17-21(3)46-27)33(42)34(43)40(31)35-38-39-36(48-35)47-20-24-10-7-8-11-26(24)37/h7-8,10-15,18-19,21,31,41H,4-6,9,16-17,20H2,1-3H3/t21-,31+/m0/s1. The molecule has 4 aromatic rings. The number of fused-ring (bicyclic) bond motifs is 1. The van der Waals surface area contributed by atoms with Gasteiger partial charge in [0, 0.05) is 22.8 Å². The van der Waals surface area contributed by atoms with E-state index in [0.717, 1.165) is 36.1 Å². The van der Waals surface area contributed by atoms with Crippen molar-refractivity contribution >= 4 is 57.3 Å². The molecule has 2 atom stereocenters. The van der Waals surface area contributed by atoms with Crippen molar-refractivity contribution in [1.82, 2.24) is 10.2 Å². The number of thioether (sulfide) groups is 1. The van der Waals surface area contributed by atoms with Crippen LogP contribution in [-0.2, 0) is 21.8 Å². The number of ether oxygens (including phenoxy) is 3. The molecule has 2 aliphatic rings. The number of carbonyl (C=O) groups excluding carboxylic acids is 2. The first-order chi connectivity index (χ1) is 23.3. The summed E-state index contributed by atoms with van der Waals surface area (Å²) in [6, 6.07) is 17.2. The maximum absolute atomic E-state index is 13.9. The minimum atomic E-state index is -1.00. The van der Waals surface area contributed by atoms with Gasteiger partial charge in [-0.3, -0.25) is 14.5 Å². The molecule has 1 amide bonds. The summed E-state index contributed by atoms with van der Waals surface area (Å²) in [4.78, 5) is 29.0. The Morgan fingerprint density at radius 2 is 1.90 bits per heavy atom. The van der Waals surface area contributed by atoms with Gasteiger partial charge in [-0.05, 0) is 73.4 Å². The number of hydrogen-bond donors (Lipinski definition) is 1. The van der Waals surface area contributed by atoms with Gasteiger partial charge in [-0.1, -0.05) is 78.7 Å². The van der Waals surface area contributed by atoms with Crippen LogP contribution in [0.15, 0.2) is 70.6 Å². The van der Waals surface area contributed by atoms with E-state index in [9.17, 15) is 14.7 Å². The van der Waals surface area contributed by atoms with Crippen LogP contribution in [0.3, 0.4) is 0 Å². The third kappa shape index (κ3) is 7.04. The Morgan fingerprint density at radius 3 is 2.69 bits per heavy atom. The molecule has 1 aromatic heterocycles. The number of aliphatic hydroxyl groups is 1. The van der Waals surface area contributed by atoms with Crippen molar-refractivity contribution in [2.45, 2.75) is 68.7 Å². The number of ketones is 1. The zero-order valence-corrected chi connectivity index (χ0v) is 29.3.